The summed E-state index contributed by atoms with van der Waals surface area (Å²) in [5, 5.41) is 4.80. The average molecular weight is 590 g/mol. The Labute approximate surface area is 252 Å². The van der Waals surface area contributed by atoms with Gasteiger partial charge in [0.15, 0.2) is 8.07 Å². The van der Waals surface area contributed by atoms with Crippen LogP contribution >= 0.6 is 0 Å². The van der Waals surface area contributed by atoms with Gasteiger partial charge in [-0.1, -0.05) is 117 Å². The molecule has 0 amide bonds. The lowest BCUT2D eigenvalue weighted by atomic mass is 9.96. The maximum Gasteiger partial charge on any atom is 0.416 e. The molecule has 6 aromatic rings. The Hall–Kier alpha value is -4.22. The second kappa shape index (κ2) is 10.5. The van der Waals surface area contributed by atoms with Crippen molar-refractivity contribution >= 4 is 45.2 Å². The van der Waals surface area contributed by atoms with Crippen LogP contribution in [0.15, 0.2) is 115 Å². The molecule has 0 fully saturated rings. The van der Waals surface area contributed by atoms with Crippen molar-refractivity contribution in [3.05, 3.63) is 132 Å². The molecule has 0 atom stereocenters. The molecule has 216 valence electrons. The lowest BCUT2D eigenvalue weighted by molar-refractivity contribution is -0.136. The highest BCUT2D eigenvalue weighted by molar-refractivity contribution is 7.13. The molecule has 0 saturated heterocycles. The van der Waals surface area contributed by atoms with Crippen LogP contribution in [0, 0.1) is 13.8 Å². The Bertz CT molecular complexity index is 1900. The minimum absolute atomic E-state index is 0.389. The van der Waals surface area contributed by atoms with E-state index in [4.69, 9.17) is 4.98 Å². The first-order valence-corrected chi connectivity index (χ1v) is 16.5. The zero-order chi connectivity index (χ0) is 30.6. The molecule has 0 aliphatic heterocycles. The third-order valence-corrected chi connectivity index (χ3v) is 14.5. The first kappa shape index (κ1) is 28.9. The molecular formula is C38H34F3NSi. The quantitative estimate of drug-likeness (QED) is 0.114. The summed E-state index contributed by atoms with van der Waals surface area (Å²) in [6.45, 7) is 10.3. The Morgan fingerprint density at radius 3 is 1.72 bits per heavy atom. The monoisotopic (exact) mass is 589 g/mol. The van der Waals surface area contributed by atoms with Crippen molar-refractivity contribution < 1.29 is 13.2 Å². The third kappa shape index (κ3) is 4.86. The minimum atomic E-state index is -4.55. The summed E-state index contributed by atoms with van der Waals surface area (Å²) in [5.74, 6) is 0. The number of aromatic nitrogens is 1. The maximum atomic E-state index is 15.4. The van der Waals surface area contributed by atoms with Gasteiger partial charge in [-0.25, -0.2) is 0 Å². The van der Waals surface area contributed by atoms with Crippen molar-refractivity contribution in [2.45, 2.75) is 45.8 Å². The topological polar surface area (TPSA) is 12.9 Å². The fourth-order valence-electron chi connectivity index (χ4n) is 7.05. The molecule has 43 heavy (non-hydrogen) atoms. The van der Waals surface area contributed by atoms with Crippen LogP contribution in [0.2, 0.25) is 5.04 Å². The zero-order valence-electron chi connectivity index (χ0n) is 25.1. The largest absolute Gasteiger partial charge is 0.416 e. The fraction of sp³-hybridized carbons (Fsp3) is 0.184. The van der Waals surface area contributed by atoms with Crippen LogP contribution in [0.1, 0.15) is 37.5 Å². The molecule has 5 aromatic carbocycles. The summed E-state index contributed by atoms with van der Waals surface area (Å²) in [5.41, 5.74) is 3.40. The van der Waals surface area contributed by atoms with Gasteiger partial charge in [0.2, 0.25) is 0 Å². The highest BCUT2D eigenvalue weighted by Crippen LogP contribution is 2.41. The van der Waals surface area contributed by atoms with Crippen LogP contribution in [0.25, 0.3) is 32.8 Å². The maximum absolute atomic E-state index is 15.4. The number of fused-ring (bicyclic) bond motifs is 3. The third-order valence-electron chi connectivity index (χ3n) is 8.64. The molecule has 1 nitrogen and oxygen atoms in total. The standard InChI is InChI=1S/C38H34F3NSi/c1-25-20-26(2)22-28(21-25)36-32-17-16-27-23-35(34(38(39,40)41)24-33(27)31(32)18-19-42-36)43(37(3,4)5,29-12-8-6-9-13-29)30-14-10-7-11-15-30/h6-24H,1-5H3. The Balaban J connectivity index is 1.74. The molecule has 0 N–H and O–H groups in total. The molecule has 0 bridgehead atoms. The van der Waals surface area contributed by atoms with Crippen molar-refractivity contribution in [3.63, 3.8) is 0 Å². The molecular weight excluding hydrogens is 556 g/mol. The highest BCUT2D eigenvalue weighted by Gasteiger charge is 2.53. The van der Waals surface area contributed by atoms with Crippen LogP contribution in [0.4, 0.5) is 13.2 Å². The first-order chi connectivity index (χ1) is 20.4. The van der Waals surface area contributed by atoms with E-state index in [0.717, 1.165) is 48.9 Å². The van der Waals surface area contributed by atoms with E-state index in [2.05, 4.69) is 39.0 Å². The van der Waals surface area contributed by atoms with E-state index in [1.54, 1.807) is 6.20 Å². The van der Waals surface area contributed by atoms with E-state index >= 15 is 13.2 Å². The van der Waals surface area contributed by atoms with E-state index in [1.165, 1.54) is 6.07 Å². The Morgan fingerprint density at radius 1 is 0.605 bits per heavy atom. The summed E-state index contributed by atoms with van der Waals surface area (Å²) in [7, 11) is -3.27. The molecule has 1 aromatic heterocycles. The van der Waals surface area contributed by atoms with Gasteiger partial charge in [-0.05, 0) is 74.9 Å². The van der Waals surface area contributed by atoms with Crippen LogP contribution in [0.3, 0.4) is 0 Å². The number of hydrogen-bond donors (Lipinski definition) is 0. The van der Waals surface area contributed by atoms with Gasteiger partial charge in [0.1, 0.15) is 0 Å². The number of benzene rings is 5. The Kier molecular flexibility index (Phi) is 7.05. The zero-order valence-corrected chi connectivity index (χ0v) is 26.1. The minimum Gasteiger partial charge on any atom is -0.256 e. The van der Waals surface area contributed by atoms with Crippen LogP contribution in [-0.2, 0) is 6.18 Å². The fourth-order valence-corrected chi connectivity index (χ4v) is 12.9. The average Bonchev–Trinajstić information content (AvgIpc) is 2.96. The summed E-state index contributed by atoms with van der Waals surface area (Å²) in [6, 6.07) is 35.0. The molecule has 0 unspecified atom stereocenters. The molecule has 1 heterocycles. The summed E-state index contributed by atoms with van der Waals surface area (Å²) in [6.07, 6.45) is -2.85. The number of nitrogens with zero attached hydrogens (tertiary/aromatic N) is 1. The van der Waals surface area contributed by atoms with Gasteiger partial charge in [-0.3, -0.25) is 4.98 Å². The van der Waals surface area contributed by atoms with Gasteiger partial charge >= 0.3 is 6.18 Å². The number of alkyl halides is 3. The van der Waals surface area contributed by atoms with E-state index in [1.807, 2.05) is 98.8 Å². The highest BCUT2D eigenvalue weighted by atomic mass is 28.3. The van der Waals surface area contributed by atoms with Gasteiger partial charge in [0.05, 0.1) is 11.3 Å². The van der Waals surface area contributed by atoms with Crippen molar-refractivity contribution in [2.24, 2.45) is 0 Å². The van der Waals surface area contributed by atoms with E-state index < -0.39 is 24.9 Å². The summed E-state index contributed by atoms with van der Waals surface area (Å²) >= 11 is 0. The second-order valence-corrected chi connectivity index (χ2v) is 17.2. The number of hydrogen-bond acceptors (Lipinski definition) is 1. The van der Waals surface area contributed by atoms with Crippen LogP contribution in [-0.4, -0.2) is 13.1 Å². The predicted molar refractivity (Wildman–Crippen MR) is 176 cm³/mol. The number of pyridine rings is 1. The lowest BCUT2D eigenvalue weighted by Crippen LogP contribution is -2.73. The first-order valence-electron chi connectivity index (χ1n) is 14.5. The molecule has 0 radical (unpaired) electrons. The second-order valence-electron chi connectivity index (χ2n) is 12.5. The Morgan fingerprint density at radius 2 is 1.19 bits per heavy atom. The van der Waals surface area contributed by atoms with Crippen molar-refractivity contribution in [1.29, 1.82) is 0 Å². The smallest absolute Gasteiger partial charge is 0.256 e. The van der Waals surface area contributed by atoms with Gasteiger partial charge in [-0.15, -0.1) is 0 Å². The molecule has 0 aliphatic rings. The van der Waals surface area contributed by atoms with E-state index in [-0.39, 0.29) is 0 Å². The lowest BCUT2D eigenvalue weighted by Gasteiger charge is -2.45. The van der Waals surface area contributed by atoms with Crippen LogP contribution in [0.5, 0.6) is 0 Å². The summed E-state index contributed by atoms with van der Waals surface area (Å²) < 4.78 is 46.1. The van der Waals surface area contributed by atoms with E-state index in [9.17, 15) is 0 Å². The van der Waals surface area contributed by atoms with Crippen molar-refractivity contribution in [3.8, 4) is 11.3 Å². The number of halogens is 3. The normalized spacial score (nSPS) is 12.7. The van der Waals surface area contributed by atoms with Gasteiger partial charge in [0.25, 0.3) is 0 Å². The van der Waals surface area contributed by atoms with Crippen LogP contribution < -0.4 is 15.6 Å². The number of aryl methyl sites for hydroxylation is 2. The molecule has 0 spiro atoms. The SMILES string of the molecule is Cc1cc(C)cc(-c2nccc3c2ccc2cc([Si](c4ccccc4)(c4ccccc4)C(C)(C)C)c(C(F)(F)F)cc23)c1. The van der Waals surface area contributed by atoms with Crippen molar-refractivity contribution in [1.82, 2.24) is 4.98 Å². The summed E-state index contributed by atoms with van der Waals surface area (Å²) in [4.78, 5) is 4.69. The van der Waals surface area contributed by atoms with Gasteiger partial charge < -0.3 is 0 Å². The predicted octanol–water partition coefficient (Wildman–Crippen LogP) is 8.96. The molecule has 6 rings (SSSR count). The number of rotatable bonds is 4. The van der Waals surface area contributed by atoms with E-state index in [0.29, 0.717) is 10.6 Å². The molecule has 0 aliphatic carbocycles. The molecule has 0 saturated carbocycles. The molecule has 5 heteroatoms. The van der Waals surface area contributed by atoms with Gasteiger partial charge in [0, 0.05) is 17.1 Å². The van der Waals surface area contributed by atoms with Gasteiger partial charge in [-0.2, -0.15) is 13.2 Å². The van der Waals surface area contributed by atoms with Crippen molar-refractivity contribution in [2.75, 3.05) is 0 Å².